The fourth-order valence-corrected chi connectivity index (χ4v) is 0.665. The van der Waals surface area contributed by atoms with E-state index < -0.39 is 0 Å². The summed E-state index contributed by atoms with van der Waals surface area (Å²) in [6.07, 6.45) is 2.46. The quantitative estimate of drug-likeness (QED) is 0.142. The molecule has 0 aromatic heterocycles. The molecule has 0 fully saturated rings. The van der Waals surface area contributed by atoms with Crippen LogP contribution in [0.2, 0.25) is 0 Å². The van der Waals surface area contributed by atoms with Gasteiger partial charge in [-0.15, -0.1) is 0 Å². The van der Waals surface area contributed by atoms with Gasteiger partial charge in [0.25, 0.3) is 0 Å². The molecule has 0 aliphatic heterocycles. The number of nitrogens with two attached hydrogens (primary N) is 2. The third-order valence-electron chi connectivity index (χ3n) is 1.27. The van der Waals surface area contributed by atoms with Crippen molar-refractivity contribution in [3.05, 3.63) is 0 Å². The van der Waals surface area contributed by atoms with E-state index in [4.69, 9.17) is 11.5 Å². The summed E-state index contributed by atoms with van der Waals surface area (Å²) < 4.78 is 0. The molecule has 8 N–H and O–H groups in total. The molecule has 0 aromatic rings. The molecule has 0 radical (unpaired) electrons. The van der Waals surface area contributed by atoms with Gasteiger partial charge >= 0.3 is 5.96 Å². The molecule has 0 aliphatic rings. The molecule has 0 aromatic carbocycles. The molecule has 0 aliphatic carbocycles. The number of carbonyl (C=O) groups is 1. The van der Waals surface area contributed by atoms with Gasteiger partial charge in [-0.2, -0.15) is 0 Å². The molecule has 0 saturated carbocycles. The zero-order valence-electron chi connectivity index (χ0n) is 6.55. The normalized spacial score (nSPS) is 12.1. The van der Waals surface area contributed by atoms with Crippen molar-refractivity contribution in [1.82, 2.24) is 0 Å². The first-order valence-electron chi connectivity index (χ1n) is 3.57. The molecule has 0 amide bonds. The Hall–Kier alpha value is -1.10. The van der Waals surface area contributed by atoms with Crippen LogP contribution in [-0.2, 0) is 4.79 Å². The smallest absolute Gasteiger partial charge is 0.338 e. The molecule has 11 heavy (non-hydrogen) atoms. The van der Waals surface area contributed by atoms with E-state index in [1.54, 1.807) is 0 Å². The van der Waals surface area contributed by atoms with E-state index >= 15 is 0 Å². The highest BCUT2D eigenvalue weighted by atomic mass is 16.1. The minimum atomic E-state index is -0.115. The average molecular weight is 160 g/mol. The molecular formula is C6H16N4O+2. The molecule has 0 unspecified atom stereocenters. The number of nitrogens with one attached hydrogen (secondary N) is 1. The van der Waals surface area contributed by atoms with Crippen LogP contribution in [0.25, 0.3) is 0 Å². The van der Waals surface area contributed by atoms with Crippen LogP contribution in [0.3, 0.4) is 0 Å². The van der Waals surface area contributed by atoms with Crippen LogP contribution in [-0.4, -0.2) is 24.8 Å². The SMILES string of the molecule is NC(N)=[NH+]CCC[C@H]([NH3+])C=O. The molecule has 5 heteroatoms. The summed E-state index contributed by atoms with van der Waals surface area (Å²) in [5.41, 5.74) is 13.9. The van der Waals surface area contributed by atoms with E-state index in [-0.39, 0.29) is 12.0 Å². The number of carbonyl (C=O) groups excluding carboxylic acids is 1. The summed E-state index contributed by atoms with van der Waals surface area (Å²) in [5.74, 6) is 0.219. The van der Waals surface area contributed by atoms with Gasteiger partial charge in [-0.1, -0.05) is 0 Å². The second-order valence-electron chi connectivity index (χ2n) is 2.42. The highest BCUT2D eigenvalue weighted by molar-refractivity contribution is 5.69. The zero-order chi connectivity index (χ0) is 8.69. The van der Waals surface area contributed by atoms with Crippen molar-refractivity contribution in [2.45, 2.75) is 18.9 Å². The first kappa shape index (κ1) is 9.90. The van der Waals surface area contributed by atoms with Crippen LogP contribution in [0.5, 0.6) is 0 Å². The maximum Gasteiger partial charge on any atom is 0.338 e. The number of rotatable bonds is 5. The summed E-state index contributed by atoms with van der Waals surface area (Å²) in [6, 6.07) is -0.115. The lowest BCUT2D eigenvalue weighted by Crippen LogP contribution is -2.78. The van der Waals surface area contributed by atoms with Crippen molar-refractivity contribution < 1.29 is 15.5 Å². The molecule has 64 valence electrons. The molecule has 1 atom stereocenters. The van der Waals surface area contributed by atoms with Gasteiger partial charge in [0, 0.05) is 6.42 Å². The van der Waals surface area contributed by atoms with Crippen molar-refractivity contribution in [1.29, 1.82) is 0 Å². The number of quaternary nitrogens is 1. The predicted molar refractivity (Wildman–Crippen MR) is 41.2 cm³/mol. The Kier molecular flexibility index (Phi) is 5.10. The summed E-state index contributed by atoms with van der Waals surface area (Å²) >= 11 is 0. The van der Waals surface area contributed by atoms with Gasteiger partial charge in [0.1, 0.15) is 6.04 Å². The standard InChI is InChI=1S/C6H14N4O/c7-5(4-11)2-1-3-10-6(8)9/h4-5H,1-3,7H2,(H4,8,9,10)/p+2/t5-/m0/s1. The van der Waals surface area contributed by atoms with Crippen molar-refractivity contribution in [3.63, 3.8) is 0 Å². The van der Waals surface area contributed by atoms with E-state index in [9.17, 15) is 4.79 Å². The van der Waals surface area contributed by atoms with Crippen LogP contribution < -0.4 is 22.2 Å². The van der Waals surface area contributed by atoms with Gasteiger partial charge in [0.05, 0.1) is 6.54 Å². The topological polar surface area (TPSA) is 111 Å². The molecular weight excluding hydrogens is 144 g/mol. The lowest BCUT2D eigenvalue weighted by Gasteiger charge is -1.96. The van der Waals surface area contributed by atoms with Gasteiger partial charge in [-0.05, 0) is 6.42 Å². The maximum absolute atomic E-state index is 10.1. The highest BCUT2D eigenvalue weighted by Gasteiger charge is 2.01. The minimum Gasteiger partial charge on any atom is -0.349 e. The fourth-order valence-electron chi connectivity index (χ4n) is 0.665. The monoisotopic (exact) mass is 160 g/mol. The lowest BCUT2D eigenvalue weighted by atomic mass is 10.2. The van der Waals surface area contributed by atoms with E-state index in [1.807, 2.05) is 0 Å². The second kappa shape index (κ2) is 5.67. The average Bonchev–Trinajstić information content (AvgIpc) is 1.97. The summed E-state index contributed by atoms with van der Waals surface area (Å²) in [4.78, 5) is 12.8. The van der Waals surface area contributed by atoms with Gasteiger partial charge in [-0.3, -0.25) is 21.3 Å². The molecule has 0 heterocycles. The van der Waals surface area contributed by atoms with Crippen LogP contribution in [0.1, 0.15) is 12.8 Å². The highest BCUT2D eigenvalue weighted by Crippen LogP contribution is 1.84. The number of hydrogen-bond acceptors (Lipinski definition) is 1. The van der Waals surface area contributed by atoms with E-state index in [2.05, 4.69) is 10.7 Å². The first-order chi connectivity index (χ1) is 5.16. The van der Waals surface area contributed by atoms with Crippen molar-refractivity contribution in [3.8, 4) is 0 Å². The van der Waals surface area contributed by atoms with E-state index in [0.717, 1.165) is 19.1 Å². The summed E-state index contributed by atoms with van der Waals surface area (Å²) in [5, 5.41) is 0. The molecule has 0 rings (SSSR count). The molecule has 0 saturated heterocycles. The van der Waals surface area contributed by atoms with Gasteiger partial charge < -0.3 is 5.73 Å². The van der Waals surface area contributed by atoms with Gasteiger partial charge in [-0.25, -0.2) is 0 Å². The van der Waals surface area contributed by atoms with Gasteiger partial charge in [0.15, 0.2) is 6.29 Å². The predicted octanol–water partition coefficient (Wildman–Crippen LogP) is -4.07. The summed E-state index contributed by atoms with van der Waals surface area (Å²) in [6.45, 7) is 0.697. The number of aldehydes is 1. The Bertz CT molecular complexity index is 142. The Morgan fingerprint density at radius 2 is 2.27 bits per heavy atom. The Balaban J connectivity index is 3.28. The van der Waals surface area contributed by atoms with Crippen LogP contribution in [0.15, 0.2) is 0 Å². The Labute approximate surface area is 65.6 Å². The number of hydrogen-bond donors (Lipinski definition) is 4. The van der Waals surface area contributed by atoms with Crippen LogP contribution in [0, 0.1) is 0 Å². The van der Waals surface area contributed by atoms with Crippen molar-refractivity contribution >= 4 is 12.2 Å². The van der Waals surface area contributed by atoms with Crippen molar-refractivity contribution in [2.24, 2.45) is 11.5 Å². The molecule has 5 nitrogen and oxygen atoms in total. The number of guanidine groups is 1. The fraction of sp³-hybridized carbons (Fsp3) is 0.667. The van der Waals surface area contributed by atoms with E-state index in [0.29, 0.717) is 6.54 Å². The van der Waals surface area contributed by atoms with E-state index in [1.165, 1.54) is 0 Å². The first-order valence-corrected chi connectivity index (χ1v) is 3.57. The minimum absolute atomic E-state index is 0.115. The largest absolute Gasteiger partial charge is 0.349 e. The Morgan fingerprint density at radius 1 is 1.64 bits per heavy atom. The van der Waals surface area contributed by atoms with Crippen molar-refractivity contribution in [2.75, 3.05) is 6.54 Å². The molecule has 0 spiro atoms. The van der Waals surface area contributed by atoms with Gasteiger partial charge in [0.2, 0.25) is 0 Å². The third kappa shape index (κ3) is 6.79. The zero-order valence-corrected chi connectivity index (χ0v) is 6.55. The third-order valence-corrected chi connectivity index (χ3v) is 1.27. The lowest BCUT2D eigenvalue weighted by molar-refractivity contribution is -0.463. The molecule has 0 bridgehead atoms. The Morgan fingerprint density at radius 3 is 2.73 bits per heavy atom. The van der Waals surface area contributed by atoms with Crippen LogP contribution in [0.4, 0.5) is 0 Å². The maximum atomic E-state index is 10.1. The summed E-state index contributed by atoms with van der Waals surface area (Å²) in [7, 11) is 0. The van der Waals surface area contributed by atoms with Crippen LogP contribution >= 0.6 is 0 Å². The second-order valence-corrected chi connectivity index (χ2v) is 2.42.